The number of ether oxygens (including phenoxy) is 4. The first-order valence-corrected chi connectivity index (χ1v) is 18.0. The zero-order valence-corrected chi connectivity index (χ0v) is 34.3. The predicted octanol–water partition coefficient (Wildman–Crippen LogP) is 7.95. The Bertz CT molecular complexity index is 2310. The van der Waals surface area contributed by atoms with E-state index in [0.717, 1.165) is 19.3 Å². The molecule has 4 rings (SSSR count). The number of carboxylic acids is 1. The molecule has 0 saturated carbocycles. The van der Waals surface area contributed by atoms with Crippen LogP contribution in [0.15, 0.2) is 34.0 Å². The summed E-state index contributed by atoms with van der Waals surface area (Å²) in [6.45, 7) is 13.2. The lowest BCUT2D eigenvalue weighted by molar-refractivity contribution is -0.151. The number of halogens is 4. The molecule has 16 heteroatoms. The van der Waals surface area contributed by atoms with Crippen LogP contribution in [0.25, 0.3) is 0 Å². The van der Waals surface area contributed by atoms with Crippen molar-refractivity contribution in [3.8, 4) is 23.0 Å². The molecule has 12 nitrogen and oxygen atoms in total. The van der Waals surface area contributed by atoms with Crippen molar-refractivity contribution in [3.63, 3.8) is 0 Å². The number of aromatic carboxylic acids is 1. The van der Waals surface area contributed by atoms with E-state index in [4.69, 9.17) is 18.9 Å². The number of hydrogen-bond donors (Lipinski definition) is 3. The van der Waals surface area contributed by atoms with Gasteiger partial charge < -0.3 is 34.3 Å². The lowest BCUT2D eigenvalue weighted by atomic mass is 9.87. The molecule has 1 atom stereocenters. The topological polar surface area (TPSA) is 183 Å². The van der Waals surface area contributed by atoms with Crippen LogP contribution in [0, 0.1) is 55.4 Å². The molecule has 0 spiro atoms. The highest BCUT2D eigenvalue weighted by molar-refractivity contribution is 9.10. The largest absolute Gasteiger partial charge is 0.506 e. The summed E-state index contributed by atoms with van der Waals surface area (Å²) in [4.78, 5) is 64.9. The maximum absolute atomic E-state index is 13.8. The smallest absolute Gasteiger partial charge is 0.389 e. The fraction of sp³-hybridized carbons (Fsp3) is 0.341. The third-order valence-electron chi connectivity index (χ3n) is 10.3. The number of aromatic hydroxyl groups is 1. The molecule has 0 saturated heterocycles. The van der Waals surface area contributed by atoms with E-state index in [0.29, 0.717) is 11.1 Å². The number of carboxylic acid groups (broad SMARTS) is 1. The molecule has 0 radical (unpaired) electrons. The lowest BCUT2D eigenvalue weighted by Gasteiger charge is -2.30. The van der Waals surface area contributed by atoms with Crippen LogP contribution in [-0.2, 0) is 20.7 Å². The molecule has 3 aromatic carbocycles. The molecule has 3 N–H and O–H groups in total. The summed E-state index contributed by atoms with van der Waals surface area (Å²) in [5.41, 5.74) is -1.47. The van der Waals surface area contributed by atoms with Gasteiger partial charge >= 0.3 is 30.1 Å². The molecule has 304 valence electrons. The second kappa shape index (κ2) is 16.2. The fourth-order valence-electron chi connectivity index (χ4n) is 6.68. The number of aryl methyl sites for hydroxylation is 1. The normalized spacial score (nSPS) is 15.5. The first kappa shape index (κ1) is 44.2. The minimum Gasteiger partial charge on any atom is -0.506 e. The Labute approximate surface area is 334 Å². The van der Waals surface area contributed by atoms with Gasteiger partial charge in [-0.05, 0) is 152 Å². The highest BCUT2D eigenvalue weighted by Gasteiger charge is 2.48. The maximum Gasteiger partial charge on any atom is 0.389 e. The number of benzene rings is 3. The van der Waals surface area contributed by atoms with Gasteiger partial charge in [-0.1, -0.05) is 0 Å². The monoisotopic (exact) mass is 860 g/mol. The van der Waals surface area contributed by atoms with Crippen LogP contribution in [0.4, 0.5) is 13.2 Å². The van der Waals surface area contributed by atoms with E-state index < -0.39 is 60.0 Å². The van der Waals surface area contributed by atoms with E-state index in [-0.39, 0.29) is 88.7 Å². The third kappa shape index (κ3) is 8.19. The van der Waals surface area contributed by atoms with Gasteiger partial charge in [-0.3, -0.25) is 4.79 Å². The second-order valence-corrected chi connectivity index (χ2v) is 14.5. The standard InChI is InChI=1S/C41H40BrF3O12/c1-16-13-27(18(3)19(4)29(16)37(50)56-34-22(7)20(5)30(36(48)49)24(9)26(34)11-12-40(43,44)45)55-38(51)31-21(6)23(8)35(32(42)33(31)47)57-39(52)41(53)17(2)14-25(46)15-28(41)54-10/h13-15,47,53H,11-12H2,1-10H3,(H,48,49)/t41-/m1/s1. The van der Waals surface area contributed by atoms with Gasteiger partial charge in [0.1, 0.15) is 33.0 Å². The molecule has 0 aliphatic heterocycles. The van der Waals surface area contributed by atoms with Crippen LogP contribution in [-0.4, -0.2) is 63.9 Å². The van der Waals surface area contributed by atoms with Crippen molar-refractivity contribution in [1.29, 1.82) is 0 Å². The van der Waals surface area contributed by atoms with Crippen molar-refractivity contribution in [2.75, 3.05) is 7.11 Å². The minimum atomic E-state index is -4.57. The average molecular weight is 862 g/mol. The molecule has 0 bridgehead atoms. The first-order chi connectivity index (χ1) is 26.3. The molecule has 0 aromatic heterocycles. The Morgan fingerprint density at radius 2 is 1.30 bits per heavy atom. The van der Waals surface area contributed by atoms with Crippen LogP contribution in [0.5, 0.6) is 23.0 Å². The number of carbonyl (C=O) groups excluding carboxylic acids is 4. The molecule has 0 amide bonds. The quantitative estimate of drug-likeness (QED) is 0.132. The number of ketones is 1. The van der Waals surface area contributed by atoms with Crippen molar-refractivity contribution < 1.29 is 71.4 Å². The Morgan fingerprint density at radius 3 is 1.86 bits per heavy atom. The van der Waals surface area contributed by atoms with Crippen molar-refractivity contribution in [3.05, 3.63) is 101 Å². The number of hydrogen-bond acceptors (Lipinski definition) is 11. The molecule has 57 heavy (non-hydrogen) atoms. The summed E-state index contributed by atoms with van der Waals surface area (Å²) in [5.74, 6) is -6.58. The second-order valence-electron chi connectivity index (χ2n) is 13.7. The molecule has 3 aromatic rings. The SMILES string of the molecule is COC1=CC(=O)C=C(C)[C@]1(O)C(=O)Oc1c(C)c(C)c(C(=O)Oc2cc(C)c(C(=O)Oc3c(C)c(C)c(C(=O)O)c(C)c3CCC(F)(F)F)c(C)c2C)c(O)c1Br. The van der Waals surface area contributed by atoms with E-state index in [1.54, 1.807) is 13.8 Å². The number of phenols is 1. The summed E-state index contributed by atoms with van der Waals surface area (Å²) in [7, 11) is 1.16. The molecular weight excluding hydrogens is 821 g/mol. The number of rotatable bonds is 10. The van der Waals surface area contributed by atoms with Crippen LogP contribution >= 0.6 is 15.9 Å². The molecule has 1 aliphatic carbocycles. The van der Waals surface area contributed by atoms with Crippen molar-refractivity contribution in [1.82, 2.24) is 0 Å². The van der Waals surface area contributed by atoms with Gasteiger partial charge in [0.25, 0.3) is 0 Å². The van der Waals surface area contributed by atoms with Gasteiger partial charge in [0.15, 0.2) is 11.5 Å². The molecule has 0 heterocycles. The van der Waals surface area contributed by atoms with Gasteiger partial charge in [-0.25, -0.2) is 19.2 Å². The van der Waals surface area contributed by atoms with Crippen LogP contribution < -0.4 is 14.2 Å². The van der Waals surface area contributed by atoms with Crippen LogP contribution in [0.3, 0.4) is 0 Å². The third-order valence-corrected chi connectivity index (χ3v) is 11.0. The summed E-state index contributed by atoms with van der Waals surface area (Å²) in [6, 6.07) is 1.37. The summed E-state index contributed by atoms with van der Waals surface area (Å²) in [6.07, 6.45) is -4.52. The van der Waals surface area contributed by atoms with Crippen molar-refractivity contribution >= 4 is 45.6 Å². The minimum absolute atomic E-state index is 0.00982. The number of methoxy groups -OCH3 is 1. The number of phenolic OH excluding ortho intramolecular Hbond substituents is 1. The highest BCUT2D eigenvalue weighted by Crippen LogP contribution is 2.44. The average Bonchev–Trinajstić information content (AvgIpc) is 3.10. The summed E-state index contributed by atoms with van der Waals surface area (Å²) < 4.78 is 61.8. The number of aliphatic hydroxyl groups is 1. The summed E-state index contributed by atoms with van der Waals surface area (Å²) >= 11 is 3.17. The Morgan fingerprint density at radius 1 is 0.754 bits per heavy atom. The number of alkyl halides is 3. The Hall–Kier alpha value is -5.48. The molecular formula is C41H40BrF3O12. The van der Waals surface area contributed by atoms with Gasteiger partial charge in [-0.15, -0.1) is 0 Å². The zero-order valence-electron chi connectivity index (χ0n) is 32.7. The number of allylic oxidation sites excluding steroid dienone is 2. The fourth-order valence-corrected chi connectivity index (χ4v) is 7.26. The first-order valence-electron chi connectivity index (χ1n) is 17.2. The van der Waals surface area contributed by atoms with Crippen LogP contribution in [0.2, 0.25) is 0 Å². The molecule has 0 fully saturated rings. The van der Waals surface area contributed by atoms with Crippen LogP contribution in [0.1, 0.15) is 94.5 Å². The Balaban J connectivity index is 1.69. The van der Waals surface area contributed by atoms with Gasteiger partial charge in [0, 0.05) is 12.5 Å². The zero-order chi connectivity index (χ0) is 43.2. The van der Waals surface area contributed by atoms with Crippen molar-refractivity contribution in [2.45, 2.75) is 86.9 Å². The summed E-state index contributed by atoms with van der Waals surface area (Å²) in [5, 5.41) is 32.3. The van der Waals surface area contributed by atoms with Crippen molar-refractivity contribution in [2.24, 2.45) is 0 Å². The maximum atomic E-state index is 13.8. The van der Waals surface area contributed by atoms with E-state index in [1.165, 1.54) is 54.5 Å². The molecule has 0 unspecified atom stereocenters. The predicted molar refractivity (Wildman–Crippen MR) is 202 cm³/mol. The molecule has 1 aliphatic rings. The van der Waals surface area contributed by atoms with E-state index in [2.05, 4.69) is 15.9 Å². The lowest BCUT2D eigenvalue weighted by Crippen LogP contribution is -2.47. The van der Waals surface area contributed by atoms with E-state index >= 15 is 0 Å². The van der Waals surface area contributed by atoms with E-state index in [9.17, 15) is 52.5 Å². The van der Waals surface area contributed by atoms with Gasteiger partial charge in [0.05, 0.1) is 18.2 Å². The van der Waals surface area contributed by atoms with Gasteiger partial charge in [-0.2, -0.15) is 13.2 Å². The van der Waals surface area contributed by atoms with E-state index in [1.807, 2.05) is 0 Å². The number of carbonyl (C=O) groups is 5. The Kier molecular flexibility index (Phi) is 12.6. The highest BCUT2D eigenvalue weighted by atomic mass is 79.9. The van der Waals surface area contributed by atoms with Gasteiger partial charge in [0.2, 0.25) is 5.60 Å². The number of esters is 3.